The predicted molar refractivity (Wildman–Crippen MR) is 76.0 cm³/mol. The zero-order valence-electron chi connectivity index (χ0n) is 12.1. The van der Waals surface area contributed by atoms with Crippen LogP contribution < -0.4 is 5.73 Å². The SMILES string of the molecule is CCCCCC[C@@H]1C(C#N)=C(N)OC2=C1CCCC2=O. The van der Waals surface area contributed by atoms with Crippen molar-refractivity contribution in [3.63, 3.8) is 0 Å². The fraction of sp³-hybridized carbons (Fsp3) is 0.625. The first-order valence-corrected chi connectivity index (χ1v) is 7.52. The van der Waals surface area contributed by atoms with Crippen molar-refractivity contribution in [2.24, 2.45) is 11.7 Å². The third-order valence-electron chi connectivity index (χ3n) is 4.11. The summed E-state index contributed by atoms with van der Waals surface area (Å²) < 4.78 is 5.43. The van der Waals surface area contributed by atoms with E-state index in [0.717, 1.165) is 37.7 Å². The maximum absolute atomic E-state index is 11.9. The molecular weight excluding hydrogens is 252 g/mol. The summed E-state index contributed by atoms with van der Waals surface area (Å²) in [5, 5.41) is 9.32. The molecule has 0 saturated heterocycles. The van der Waals surface area contributed by atoms with Crippen LogP contribution in [0.15, 0.2) is 22.8 Å². The van der Waals surface area contributed by atoms with Gasteiger partial charge < -0.3 is 10.5 Å². The average Bonchev–Trinajstić information content (AvgIpc) is 2.44. The van der Waals surface area contributed by atoms with E-state index in [4.69, 9.17) is 10.5 Å². The van der Waals surface area contributed by atoms with Gasteiger partial charge in [0.1, 0.15) is 6.07 Å². The number of ether oxygens (including phenoxy) is 1. The molecule has 0 amide bonds. The van der Waals surface area contributed by atoms with E-state index >= 15 is 0 Å². The van der Waals surface area contributed by atoms with E-state index in [1.165, 1.54) is 12.8 Å². The van der Waals surface area contributed by atoms with Crippen molar-refractivity contribution < 1.29 is 9.53 Å². The van der Waals surface area contributed by atoms with Gasteiger partial charge in [-0.25, -0.2) is 0 Å². The van der Waals surface area contributed by atoms with Crippen LogP contribution in [0, 0.1) is 17.2 Å². The van der Waals surface area contributed by atoms with Gasteiger partial charge in [-0.15, -0.1) is 0 Å². The van der Waals surface area contributed by atoms with Crippen molar-refractivity contribution in [2.45, 2.75) is 58.3 Å². The van der Waals surface area contributed by atoms with E-state index in [0.29, 0.717) is 17.8 Å². The van der Waals surface area contributed by atoms with Crippen molar-refractivity contribution in [1.29, 1.82) is 5.26 Å². The molecule has 0 spiro atoms. The highest BCUT2D eigenvalue weighted by molar-refractivity contribution is 5.95. The van der Waals surface area contributed by atoms with Gasteiger partial charge in [-0.05, 0) is 24.8 Å². The van der Waals surface area contributed by atoms with Crippen LogP contribution in [0.3, 0.4) is 0 Å². The van der Waals surface area contributed by atoms with Crippen LogP contribution in [0.2, 0.25) is 0 Å². The number of rotatable bonds is 5. The average molecular weight is 274 g/mol. The van der Waals surface area contributed by atoms with Crippen molar-refractivity contribution in [2.75, 3.05) is 0 Å². The van der Waals surface area contributed by atoms with Crippen LogP contribution in [-0.2, 0) is 9.53 Å². The van der Waals surface area contributed by atoms with Crippen LogP contribution in [-0.4, -0.2) is 5.78 Å². The van der Waals surface area contributed by atoms with Crippen molar-refractivity contribution in [3.8, 4) is 6.07 Å². The van der Waals surface area contributed by atoms with Crippen LogP contribution >= 0.6 is 0 Å². The number of Topliss-reactive ketones (excluding diaryl/α,β-unsaturated/α-hetero) is 1. The van der Waals surface area contributed by atoms with Gasteiger partial charge in [0.2, 0.25) is 5.88 Å². The number of nitriles is 1. The molecule has 0 aromatic carbocycles. The lowest BCUT2D eigenvalue weighted by Crippen LogP contribution is -2.27. The molecular formula is C16H22N2O2. The number of allylic oxidation sites excluding steroid dienone is 3. The minimum Gasteiger partial charge on any atom is -0.437 e. The van der Waals surface area contributed by atoms with Crippen molar-refractivity contribution in [3.05, 3.63) is 22.8 Å². The summed E-state index contributed by atoms with van der Waals surface area (Å²) in [6.45, 7) is 2.17. The number of nitrogens with zero attached hydrogens (tertiary/aromatic N) is 1. The fourth-order valence-electron chi connectivity index (χ4n) is 3.04. The molecule has 1 heterocycles. The number of carbonyl (C=O) groups excluding carboxylic acids is 1. The molecule has 4 nitrogen and oxygen atoms in total. The van der Waals surface area contributed by atoms with Crippen molar-refractivity contribution >= 4 is 5.78 Å². The Morgan fingerprint density at radius 1 is 1.35 bits per heavy atom. The van der Waals surface area contributed by atoms with Gasteiger partial charge in [-0.3, -0.25) is 4.79 Å². The van der Waals surface area contributed by atoms with Gasteiger partial charge in [-0.1, -0.05) is 32.6 Å². The summed E-state index contributed by atoms with van der Waals surface area (Å²) in [6.07, 6.45) is 7.71. The molecule has 0 aromatic heterocycles. The third-order valence-corrected chi connectivity index (χ3v) is 4.11. The topological polar surface area (TPSA) is 76.1 Å². The molecule has 0 radical (unpaired) electrons. The standard InChI is InChI=1S/C16H22N2O2/c1-2-3-4-5-7-11-12-8-6-9-14(19)15(12)20-16(18)13(11)10-17/h11H,2-9,18H2,1H3/t11-/m0/s1. The number of carbonyl (C=O) groups is 1. The maximum Gasteiger partial charge on any atom is 0.205 e. The van der Waals surface area contributed by atoms with E-state index in [-0.39, 0.29) is 17.6 Å². The molecule has 0 bridgehead atoms. The minimum atomic E-state index is -0.00939. The Labute approximate surface area is 120 Å². The Balaban J connectivity index is 2.19. The van der Waals surface area contributed by atoms with Gasteiger partial charge in [0, 0.05) is 12.3 Å². The van der Waals surface area contributed by atoms with Gasteiger partial charge >= 0.3 is 0 Å². The summed E-state index contributed by atoms with van der Waals surface area (Å²) in [4.78, 5) is 11.9. The lowest BCUT2D eigenvalue weighted by molar-refractivity contribution is -0.119. The predicted octanol–water partition coefficient (Wildman–Crippen LogP) is 3.30. The van der Waals surface area contributed by atoms with Crippen LogP contribution in [0.1, 0.15) is 58.3 Å². The fourth-order valence-corrected chi connectivity index (χ4v) is 3.04. The number of nitrogens with two attached hydrogens (primary N) is 1. The first kappa shape index (κ1) is 14.6. The highest BCUT2D eigenvalue weighted by atomic mass is 16.5. The molecule has 0 fully saturated rings. The molecule has 0 aromatic rings. The Bertz CT molecular complexity index is 497. The van der Waals surface area contributed by atoms with Gasteiger partial charge in [-0.2, -0.15) is 5.26 Å². The van der Waals surface area contributed by atoms with Gasteiger partial charge in [0.05, 0.1) is 5.57 Å². The van der Waals surface area contributed by atoms with Gasteiger partial charge in [0.25, 0.3) is 0 Å². The second-order valence-electron chi connectivity index (χ2n) is 5.52. The molecule has 0 saturated carbocycles. The van der Waals surface area contributed by atoms with E-state index in [9.17, 15) is 10.1 Å². The Kier molecular flexibility index (Phi) is 4.84. The molecule has 2 N–H and O–H groups in total. The van der Waals surface area contributed by atoms with Crippen molar-refractivity contribution in [1.82, 2.24) is 0 Å². The van der Waals surface area contributed by atoms with E-state index in [1.807, 2.05) is 0 Å². The molecule has 0 unspecified atom stereocenters. The number of ketones is 1. The zero-order valence-corrected chi connectivity index (χ0v) is 12.1. The Morgan fingerprint density at radius 2 is 2.15 bits per heavy atom. The quantitative estimate of drug-likeness (QED) is 0.780. The normalized spacial score (nSPS) is 22.4. The first-order valence-electron chi connectivity index (χ1n) is 7.52. The zero-order chi connectivity index (χ0) is 14.5. The summed E-state index contributed by atoms with van der Waals surface area (Å²) in [7, 11) is 0. The molecule has 1 aliphatic carbocycles. The lowest BCUT2D eigenvalue weighted by Gasteiger charge is -2.30. The summed E-state index contributed by atoms with van der Waals surface area (Å²) >= 11 is 0. The Hall–Kier alpha value is -1.76. The van der Waals surface area contributed by atoms with Crippen LogP contribution in [0.25, 0.3) is 0 Å². The van der Waals surface area contributed by atoms with E-state index < -0.39 is 0 Å². The molecule has 2 rings (SSSR count). The number of hydrogen-bond acceptors (Lipinski definition) is 4. The highest BCUT2D eigenvalue weighted by Crippen LogP contribution is 2.40. The molecule has 1 aliphatic heterocycles. The Morgan fingerprint density at radius 3 is 2.85 bits per heavy atom. The molecule has 2 aliphatic rings. The molecule has 4 heteroatoms. The summed E-state index contributed by atoms with van der Waals surface area (Å²) in [6, 6.07) is 2.18. The summed E-state index contributed by atoms with van der Waals surface area (Å²) in [5.74, 6) is 0.574. The lowest BCUT2D eigenvalue weighted by atomic mass is 9.79. The number of hydrogen-bond donors (Lipinski definition) is 1. The summed E-state index contributed by atoms with van der Waals surface area (Å²) in [5.41, 5.74) is 7.34. The third kappa shape index (κ3) is 2.87. The van der Waals surface area contributed by atoms with E-state index in [2.05, 4.69) is 13.0 Å². The monoisotopic (exact) mass is 274 g/mol. The van der Waals surface area contributed by atoms with Crippen LogP contribution in [0.5, 0.6) is 0 Å². The smallest absolute Gasteiger partial charge is 0.205 e. The first-order chi connectivity index (χ1) is 9.69. The second-order valence-corrected chi connectivity index (χ2v) is 5.52. The molecule has 1 atom stereocenters. The van der Waals surface area contributed by atoms with E-state index in [1.54, 1.807) is 0 Å². The maximum atomic E-state index is 11.9. The molecule has 108 valence electrons. The number of unbranched alkanes of at least 4 members (excludes halogenated alkanes) is 3. The van der Waals surface area contributed by atoms with Crippen LogP contribution in [0.4, 0.5) is 0 Å². The van der Waals surface area contributed by atoms with Gasteiger partial charge in [0.15, 0.2) is 11.5 Å². The second kappa shape index (κ2) is 6.60. The largest absolute Gasteiger partial charge is 0.437 e. The molecule has 20 heavy (non-hydrogen) atoms. The minimum absolute atomic E-state index is 0.00939. The highest BCUT2D eigenvalue weighted by Gasteiger charge is 2.35.